The van der Waals surface area contributed by atoms with Crippen LogP contribution in [0.2, 0.25) is 0 Å². The second kappa shape index (κ2) is 6.33. The number of nitro groups is 1. The Morgan fingerprint density at radius 2 is 2.38 bits per heavy atom. The van der Waals surface area contributed by atoms with Gasteiger partial charge in [0, 0.05) is 25.4 Å². The Morgan fingerprint density at radius 3 is 3.04 bits per heavy atom. The van der Waals surface area contributed by atoms with Gasteiger partial charge in [-0.2, -0.15) is 10.4 Å². The number of aromatic nitrogens is 3. The van der Waals surface area contributed by atoms with Gasteiger partial charge in [0.25, 0.3) is 5.69 Å². The van der Waals surface area contributed by atoms with E-state index in [-0.39, 0.29) is 23.1 Å². The summed E-state index contributed by atoms with van der Waals surface area (Å²) >= 11 is 0. The van der Waals surface area contributed by atoms with Crippen LogP contribution in [0.5, 0.6) is 0 Å². The Kier molecular flexibility index (Phi) is 4.07. The number of nitriles is 1. The van der Waals surface area contributed by atoms with E-state index >= 15 is 0 Å². The Labute approximate surface area is 136 Å². The fraction of sp³-hybridized carbons (Fsp3) is 0.286. The van der Waals surface area contributed by atoms with Crippen molar-refractivity contribution in [3.05, 3.63) is 40.3 Å². The van der Waals surface area contributed by atoms with E-state index in [1.165, 1.54) is 12.3 Å². The summed E-state index contributed by atoms with van der Waals surface area (Å²) in [6.07, 6.45) is 4.81. The minimum absolute atomic E-state index is 0.125. The van der Waals surface area contributed by atoms with Crippen molar-refractivity contribution in [3.8, 4) is 6.07 Å². The zero-order valence-corrected chi connectivity index (χ0v) is 12.5. The first kappa shape index (κ1) is 15.4. The highest BCUT2D eigenvalue weighted by molar-refractivity contribution is 5.93. The summed E-state index contributed by atoms with van der Waals surface area (Å²) in [6.45, 7) is 0.937. The summed E-state index contributed by atoms with van der Waals surface area (Å²) in [5, 5.41) is 29.1. The normalized spacial score (nSPS) is 16.6. The SMILES string of the molecule is N#Cc1cc([N+](=O)[O-])cnc1N1CCC(C(=O)Nc2cn[nH]c2)C1. The van der Waals surface area contributed by atoms with E-state index in [9.17, 15) is 20.2 Å². The van der Waals surface area contributed by atoms with Crippen LogP contribution < -0.4 is 10.2 Å². The molecule has 0 aromatic carbocycles. The molecule has 0 aliphatic carbocycles. The van der Waals surface area contributed by atoms with Crippen molar-refractivity contribution >= 4 is 23.1 Å². The molecule has 1 fully saturated rings. The van der Waals surface area contributed by atoms with Crippen LogP contribution in [0.25, 0.3) is 0 Å². The molecule has 1 aliphatic rings. The number of pyridine rings is 1. The smallest absolute Gasteiger partial charge is 0.289 e. The molecule has 1 aliphatic heterocycles. The lowest BCUT2D eigenvalue weighted by Gasteiger charge is -2.18. The second-order valence-electron chi connectivity index (χ2n) is 5.34. The monoisotopic (exact) mass is 327 g/mol. The van der Waals surface area contributed by atoms with Gasteiger partial charge in [0.2, 0.25) is 5.91 Å². The van der Waals surface area contributed by atoms with Crippen molar-refractivity contribution in [2.24, 2.45) is 5.92 Å². The Bertz CT molecular complexity index is 812. The lowest BCUT2D eigenvalue weighted by Crippen LogP contribution is -2.27. The van der Waals surface area contributed by atoms with E-state index in [4.69, 9.17) is 0 Å². The van der Waals surface area contributed by atoms with E-state index in [1.54, 1.807) is 11.1 Å². The summed E-state index contributed by atoms with van der Waals surface area (Å²) in [5.41, 5.74) is 0.480. The molecule has 2 N–H and O–H groups in total. The molecule has 3 heterocycles. The first-order valence-electron chi connectivity index (χ1n) is 7.17. The zero-order chi connectivity index (χ0) is 17.1. The van der Waals surface area contributed by atoms with Gasteiger partial charge >= 0.3 is 0 Å². The molecule has 1 atom stereocenters. The highest BCUT2D eigenvalue weighted by atomic mass is 16.6. The molecule has 0 spiro atoms. The predicted octanol–water partition coefficient (Wildman–Crippen LogP) is 1.05. The maximum absolute atomic E-state index is 12.2. The number of anilines is 2. The molecule has 0 radical (unpaired) electrons. The first-order chi connectivity index (χ1) is 11.6. The summed E-state index contributed by atoms with van der Waals surface area (Å²) in [6, 6.07) is 3.12. The lowest BCUT2D eigenvalue weighted by atomic mass is 10.1. The number of carbonyl (C=O) groups excluding carboxylic acids is 1. The van der Waals surface area contributed by atoms with Crippen molar-refractivity contribution < 1.29 is 9.72 Å². The summed E-state index contributed by atoms with van der Waals surface area (Å²) < 4.78 is 0. The standard InChI is InChI=1S/C14H13N7O3/c15-4-10-3-12(21(23)24)7-16-13(10)20-2-1-9(8-20)14(22)19-11-5-17-18-6-11/h3,5-7,9H,1-2,8H2,(H,17,18)(H,19,22). The molecule has 122 valence electrons. The molecule has 1 amide bonds. The van der Waals surface area contributed by atoms with Crippen LogP contribution in [-0.4, -0.2) is 39.1 Å². The van der Waals surface area contributed by atoms with Crippen LogP contribution in [-0.2, 0) is 4.79 Å². The van der Waals surface area contributed by atoms with Crippen molar-refractivity contribution in [2.75, 3.05) is 23.3 Å². The van der Waals surface area contributed by atoms with E-state index in [0.29, 0.717) is 31.0 Å². The van der Waals surface area contributed by atoms with Gasteiger partial charge in [-0.15, -0.1) is 0 Å². The van der Waals surface area contributed by atoms with Crippen LogP contribution in [0.4, 0.5) is 17.2 Å². The van der Waals surface area contributed by atoms with Gasteiger partial charge in [-0.25, -0.2) is 4.98 Å². The van der Waals surface area contributed by atoms with Crippen LogP contribution in [0.3, 0.4) is 0 Å². The average Bonchev–Trinajstić information content (AvgIpc) is 3.25. The highest BCUT2D eigenvalue weighted by Crippen LogP contribution is 2.27. The molecule has 2 aromatic rings. The third-order valence-electron chi connectivity index (χ3n) is 3.81. The Morgan fingerprint density at radius 1 is 1.54 bits per heavy atom. The minimum atomic E-state index is -0.594. The molecule has 10 heteroatoms. The van der Waals surface area contributed by atoms with Crippen molar-refractivity contribution in [2.45, 2.75) is 6.42 Å². The van der Waals surface area contributed by atoms with Gasteiger partial charge in [0.05, 0.1) is 22.7 Å². The summed E-state index contributed by atoms with van der Waals surface area (Å²) in [7, 11) is 0. The molecule has 1 unspecified atom stereocenters. The number of amides is 1. The maximum Gasteiger partial charge on any atom is 0.289 e. The maximum atomic E-state index is 12.2. The number of H-pyrrole nitrogens is 1. The quantitative estimate of drug-likeness (QED) is 0.631. The summed E-state index contributed by atoms with van der Waals surface area (Å²) in [4.78, 5) is 28.2. The number of carbonyl (C=O) groups is 1. The molecular weight excluding hydrogens is 314 g/mol. The van der Waals surface area contributed by atoms with Gasteiger partial charge in [0.1, 0.15) is 23.6 Å². The van der Waals surface area contributed by atoms with E-state index in [0.717, 1.165) is 6.20 Å². The Hall–Kier alpha value is -3.48. The van der Waals surface area contributed by atoms with Gasteiger partial charge in [0.15, 0.2) is 0 Å². The number of hydrogen-bond acceptors (Lipinski definition) is 7. The number of nitrogens with one attached hydrogen (secondary N) is 2. The van der Waals surface area contributed by atoms with Gasteiger partial charge < -0.3 is 10.2 Å². The van der Waals surface area contributed by atoms with Gasteiger partial charge in [-0.05, 0) is 6.42 Å². The van der Waals surface area contributed by atoms with Crippen LogP contribution in [0.1, 0.15) is 12.0 Å². The molecule has 2 aromatic heterocycles. The van der Waals surface area contributed by atoms with Crippen LogP contribution in [0.15, 0.2) is 24.7 Å². The molecule has 24 heavy (non-hydrogen) atoms. The topological polar surface area (TPSA) is 141 Å². The van der Waals surface area contributed by atoms with Crippen molar-refractivity contribution in [3.63, 3.8) is 0 Å². The Balaban J connectivity index is 1.72. The number of rotatable bonds is 4. The predicted molar refractivity (Wildman–Crippen MR) is 83.1 cm³/mol. The summed E-state index contributed by atoms with van der Waals surface area (Å²) in [5.74, 6) is -0.0375. The number of hydrogen-bond donors (Lipinski definition) is 2. The van der Waals surface area contributed by atoms with E-state index in [1.807, 2.05) is 6.07 Å². The van der Waals surface area contributed by atoms with Crippen LogP contribution >= 0.6 is 0 Å². The zero-order valence-electron chi connectivity index (χ0n) is 12.5. The number of aromatic amines is 1. The molecule has 3 rings (SSSR count). The van der Waals surface area contributed by atoms with Crippen molar-refractivity contribution in [1.29, 1.82) is 5.26 Å². The van der Waals surface area contributed by atoms with Gasteiger partial charge in [-0.3, -0.25) is 20.0 Å². The molecule has 10 nitrogen and oxygen atoms in total. The van der Waals surface area contributed by atoms with Crippen LogP contribution in [0, 0.1) is 27.4 Å². The third kappa shape index (κ3) is 3.00. The lowest BCUT2D eigenvalue weighted by molar-refractivity contribution is -0.385. The minimum Gasteiger partial charge on any atom is -0.355 e. The van der Waals surface area contributed by atoms with Crippen molar-refractivity contribution in [1.82, 2.24) is 15.2 Å². The fourth-order valence-electron chi connectivity index (χ4n) is 2.61. The van der Waals surface area contributed by atoms with E-state index in [2.05, 4.69) is 20.5 Å². The average molecular weight is 327 g/mol. The third-order valence-corrected chi connectivity index (χ3v) is 3.81. The molecular formula is C14H13N7O3. The number of nitrogens with zero attached hydrogens (tertiary/aromatic N) is 5. The van der Waals surface area contributed by atoms with E-state index < -0.39 is 4.92 Å². The first-order valence-corrected chi connectivity index (χ1v) is 7.17. The largest absolute Gasteiger partial charge is 0.355 e. The highest BCUT2D eigenvalue weighted by Gasteiger charge is 2.31. The molecule has 1 saturated heterocycles. The molecule has 0 bridgehead atoms. The fourth-order valence-corrected chi connectivity index (χ4v) is 2.61. The molecule has 0 saturated carbocycles. The second-order valence-corrected chi connectivity index (χ2v) is 5.34. The van der Waals surface area contributed by atoms with Gasteiger partial charge in [-0.1, -0.05) is 0 Å².